The number of hydrogen-bond donors (Lipinski definition) is 0. The lowest BCUT2D eigenvalue weighted by Crippen LogP contribution is -2.47. The summed E-state index contributed by atoms with van der Waals surface area (Å²) >= 11 is 1.69. The van der Waals surface area contributed by atoms with Crippen LogP contribution < -0.4 is 4.90 Å². The van der Waals surface area contributed by atoms with Crippen molar-refractivity contribution in [2.24, 2.45) is 5.92 Å². The maximum absolute atomic E-state index is 13.3. The Kier molecular flexibility index (Phi) is 4.46. The molecule has 0 radical (unpaired) electrons. The third kappa shape index (κ3) is 3.03. The number of carbonyl (C=O) groups excluding carboxylic acids is 1. The molecule has 1 amide bonds. The van der Waals surface area contributed by atoms with Crippen molar-refractivity contribution in [3.05, 3.63) is 40.0 Å². The second-order valence-corrected chi connectivity index (χ2v) is 8.14. The van der Waals surface area contributed by atoms with Gasteiger partial charge in [-0.15, -0.1) is 11.3 Å². The van der Waals surface area contributed by atoms with E-state index in [-0.39, 0.29) is 11.9 Å². The number of thiophene rings is 1. The molecule has 0 spiro atoms. The number of aryl methyl sites for hydroxylation is 1. The van der Waals surface area contributed by atoms with E-state index in [9.17, 15) is 4.79 Å². The van der Waals surface area contributed by atoms with E-state index in [0.29, 0.717) is 5.92 Å². The fourth-order valence-corrected chi connectivity index (χ4v) is 5.16. The van der Waals surface area contributed by atoms with Crippen LogP contribution in [-0.4, -0.2) is 46.5 Å². The highest BCUT2D eigenvalue weighted by Gasteiger charge is 2.38. The first kappa shape index (κ1) is 16.5. The Labute approximate surface area is 152 Å². The molecular weight excluding hydrogens is 332 g/mol. The molecule has 25 heavy (non-hydrogen) atoms. The summed E-state index contributed by atoms with van der Waals surface area (Å²) in [6, 6.07) is 0.262. The smallest absolute Gasteiger partial charge is 0.255 e. The van der Waals surface area contributed by atoms with Crippen LogP contribution in [-0.2, 0) is 6.42 Å². The van der Waals surface area contributed by atoms with Crippen molar-refractivity contribution < 1.29 is 4.79 Å². The number of carbonyl (C=O) groups is 1. The summed E-state index contributed by atoms with van der Waals surface area (Å²) < 4.78 is 0. The molecule has 0 N–H and O–H groups in total. The summed E-state index contributed by atoms with van der Waals surface area (Å²) in [6.07, 6.45) is 8.47. The van der Waals surface area contributed by atoms with Crippen molar-refractivity contribution in [3.8, 4) is 0 Å². The molecule has 0 unspecified atom stereocenters. The summed E-state index contributed by atoms with van der Waals surface area (Å²) in [5.41, 5.74) is 2.14. The van der Waals surface area contributed by atoms with Gasteiger partial charge < -0.3 is 9.80 Å². The topological polar surface area (TPSA) is 49.3 Å². The van der Waals surface area contributed by atoms with E-state index in [1.807, 2.05) is 6.20 Å². The van der Waals surface area contributed by atoms with Gasteiger partial charge in [-0.1, -0.05) is 6.92 Å². The molecule has 0 saturated carbocycles. The zero-order valence-electron chi connectivity index (χ0n) is 14.8. The van der Waals surface area contributed by atoms with Crippen LogP contribution in [0.1, 0.15) is 40.6 Å². The molecule has 2 atom stereocenters. The molecule has 3 aliphatic rings. The van der Waals surface area contributed by atoms with Crippen molar-refractivity contribution >= 4 is 23.1 Å². The number of amides is 1. The van der Waals surface area contributed by atoms with Crippen LogP contribution in [0.3, 0.4) is 0 Å². The minimum atomic E-state index is 0.219. The molecule has 3 fully saturated rings. The van der Waals surface area contributed by atoms with Crippen LogP contribution >= 0.6 is 11.3 Å². The molecule has 2 bridgehead atoms. The number of rotatable bonds is 3. The zero-order chi connectivity index (χ0) is 17.4. The molecule has 132 valence electrons. The molecule has 2 aromatic rings. The van der Waals surface area contributed by atoms with Gasteiger partial charge in [0.25, 0.3) is 5.91 Å². The molecule has 2 aromatic heterocycles. The van der Waals surface area contributed by atoms with Gasteiger partial charge in [-0.25, -0.2) is 4.98 Å². The summed E-state index contributed by atoms with van der Waals surface area (Å²) in [4.78, 5) is 27.6. The average Bonchev–Trinajstić information content (AvgIpc) is 2.82. The maximum atomic E-state index is 13.3. The quantitative estimate of drug-likeness (QED) is 0.848. The van der Waals surface area contributed by atoms with E-state index < -0.39 is 0 Å². The average molecular weight is 356 g/mol. The number of anilines is 1. The van der Waals surface area contributed by atoms with Crippen LogP contribution in [0.25, 0.3) is 0 Å². The highest BCUT2D eigenvalue weighted by molar-refractivity contribution is 7.10. The Morgan fingerprint density at radius 3 is 2.92 bits per heavy atom. The van der Waals surface area contributed by atoms with E-state index in [1.54, 1.807) is 23.7 Å². The van der Waals surface area contributed by atoms with Crippen molar-refractivity contribution in [3.63, 3.8) is 0 Å². The normalized spacial score (nSPS) is 23.0. The molecule has 5 heterocycles. The Morgan fingerprint density at radius 2 is 2.16 bits per heavy atom. The number of fused-ring (bicyclic) bond motifs is 4. The molecule has 5 rings (SSSR count). The van der Waals surface area contributed by atoms with Gasteiger partial charge in [0.2, 0.25) is 0 Å². The van der Waals surface area contributed by atoms with Gasteiger partial charge in [0, 0.05) is 48.3 Å². The van der Waals surface area contributed by atoms with E-state index in [1.165, 1.54) is 16.9 Å². The molecule has 0 aliphatic carbocycles. The summed E-state index contributed by atoms with van der Waals surface area (Å²) in [5, 5.41) is 2.05. The molecule has 5 nitrogen and oxygen atoms in total. The second kappa shape index (κ2) is 6.75. The Bertz CT molecular complexity index is 760. The van der Waals surface area contributed by atoms with Crippen LogP contribution in [0.4, 0.5) is 5.82 Å². The molecule has 3 saturated heterocycles. The summed E-state index contributed by atoms with van der Waals surface area (Å²) in [5.74, 6) is 1.65. The first-order valence-corrected chi connectivity index (χ1v) is 9.94. The van der Waals surface area contributed by atoms with Crippen LogP contribution in [0, 0.1) is 12.8 Å². The van der Waals surface area contributed by atoms with Gasteiger partial charge in [-0.05, 0) is 37.7 Å². The van der Waals surface area contributed by atoms with Gasteiger partial charge in [0.1, 0.15) is 5.82 Å². The van der Waals surface area contributed by atoms with Gasteiger partial charge in [-0.2, -0.15) is 0 Å². The van der Waals surface area contributed by atoms with Crippen molar-refractivity contribution in [2.75, 3.05) is 24.5 Å². The monoisotopic (exact) mass is 356 g/mol. The SMILES string of the molecule is CCc1c(C(=O)N2C[C@@H]3CC[C@H]2CN(c2cnccn2)C3)csc1C. The highest BCUT2D eigenvalue weighted by atomic mass is 32.1. The molecular formula is C19H24N4OS. The lowest BCUT2D eigenvalue weighted by atomic mass is 9.94. The Morgan fingerprint density at radius 1 is 1.28 bits per heavy atom. The lowest BCUT2D eigenvalue weighted by Gasteiger charge is -2.36. The second-order valence-electron chi connectivity index (χ2n) is 7.06. The van der Waals surface area contributed by atoms with Crippen LogP contribution in [0.15, 0.2) is 24.0 Å². The van der Waals surface area contributed by atoms with Gasteiger partial charge in [-0.3, -0.25) is 9.78 Å². The Hall–Kier alpha value is -1.95. The summed E-state index contributed by atoms with van der Waals surface area (Å²) in [7, 11) is 0. The maximum Gasteiger partial charge on any atom is 0.255 e. The number of aromatic nitrogens is 2. The summed E-state index contributed by atoms with van der Waals surface area (Å²) in [6.45, 7) is 6.92. The van der Waals surface area contributed by atoms with Gasteiger partial charge in [0.15, 0.2) is 0 Å². The van der Waals surface area contributed by atoms with Crippen molar-refractivity contribution in [1.82, 2.24) is 14.9 Å². The van der Waals surface area contributed by atoms with Gasteiger partial charge >= 0.3 is 0 Å². The minimum absolute atomic E-state index is 0.219. The fourth-order valence-electron chi connectivity index (χ4n) is 4.23. The fraction of sp³-hybridized carbons (Fsp3) is 0.526. The highest BCUT2D eigenvalue weighted by Crippen LogP contribution is 2.32. The third-order valence-electron chi connectivity index (χ3n) is 5.54. The standard InChI is InChI=1S/C19H24N4OS/c1-3-16-13(2)25-12-17(16)19(24)23-10-14-4-5-15(23)11-22(9-14)18-8-20-6-7-21-18/h6-8,12,14-15H,3-5,9-11H2,1-2H3/t14-,15+/m1/s1. The zero-order valence-corrected chi connectivity index (χ0v) is 15.6. The van der Waals surface area contributed by atoms with Crippen LogP contribution in [0.5, 0.6) is 0 Å². The van der Waals surface area contributed by atoms with E-state index >= 15 is 0 Å². The third-order valence-corrected chi connectivity index (χ3v) is 6.49. The molecule has 6 heteroatoms. The lowest BCUT2D eigenvalue weighted by molar-refractivity contribution is 0.0591. The van der Waals surface area contributed by atoms with Crippen molar-refractivity contribution in [1.29, 1.82) is 0 Å². The minimum Gasteiger partial charge on any atom is -0.353 e. The molecule has 3 aliphatic heterocycles. The van der Waals surface area contributed by atoms with E-state index in [2.05, 4.69) is 39.0 Å². The van der Waals surface area contributed by atoms with E-state index in [4.69, 9.17) is 0 Å². The predicted octanol–water partition coefficient (Wildman–Crippen LogP) is 3.15. The number of nitrogens with zero attached hydrogens (tertiary/aromatic N) is 4. The van der Waals surface area contributed by atoms with E-state index in [0.717, 1.165) is 43.9 Å². The van der Waals surface area contributed by atoms with Crippen LogP contribution in [0.2, 0.25) is 0 Å². The molecule has 0 aromatic carbocycles. The predicted molar refractivity (Wildman–Crippen MR) is 100 cm³/mol. The van der Waals surface area contributed by atoms with Gasteiger partial charge in [0.05, 0.1) is 11.8 Å². The number of piperidine rings is 1. The largest absolute Gasteiger partial charge is 0.353 e. The first-order valence-electron chi connectivity index (χ1n) is 9.06. The van der Waals surface area contributed by atoms with Crippen molar-refractivity contribution in [2.45, 2.75) is 39.2 Å². The Balaban J connectivity index is 1.59. The number of hydrogen-bond acceptors (Lipinski definition) is 5. The first-order chi connectivity index (χ1) is 12.2.